The molecule has 3 N–H and O–H groups in total. The van der Waals surface area contributed by atoms with Gasteiger partial charge in [0.05, 0.1) is 5.52 Å². The molecule has 17 heavy (non-hydrogen) atoms. The standard InChI is InChI=1S/C13H10N2O2/c14-12(16)6-5-8-7-11-13(17-8)9-3-1-2-4-10(9)15-11/h1-7,15H,(H2,14,16)/b6-5+. The molecule has 0 radical (unpaired) electrons. The lowest BCUT2D eigenvalue weighted by molar-refractivity contribution is -0.113. The van der Waals surface area contributed by atoms with Crippen LogP contribution in [0.2, 0.25) is 0 Å². The summed E-state index contributed by atoms with van der Waals surface area (Å²) in [4.78, 5) is 13.9. The summed E-state index contributed by atoms with van der Waals surface area (Å²) < 4.78 is 5.65. The van der Waals surface area contributed by atoms with E-state index in [1.807, 2.05) is 30.3 Å². The number of carbonyl (C=O) groups is 1. The predicted molar refractivity (Wildman–Crippen MR) is 66.3 cm³/mol. The molecule has 0 aliphatic rings. The van der Waals surface area contributed by atoms with Crippen LogP contribution in [0.4, 0.5) is 0 Å². The fourth-order valence-electron chi connectivity index (χ4n) is 1.88. The highest BCUT2D eigenvalue weighted by Gasteiger charge is 2.08. The van der Waals surface area contributed by atoms with Crippen LogP contribution in [-0.4, -0.2) is 10.9 Å². The first-order valence-electron chi connectivity index (χ1n) is 5.22. The third-order valence-electron chi connectivity index (χ3n) is 2.60. The Labute approximate surface area is 96.7 Å². The zero-order valence-corrected chi connectivity index (χ0v) is 8.94. The van der Waals surface area contributed by atoms with Crippen molar-refractivity contribution in [3.8, 4) is 0 Å². The van der Waals surface area contributed by atoms with Gasteiger partial charge in [0.15, 0.2) is 5.58 Å². The number of amides is 1. The van der Waals surface area contributed by atoms with Crippen molar-refractivity contribution in [2.75, 3.05) is 0 Å². The van der Waals surface area contributed by atoms with E-state index in [4.69, 9.17) is 10.2 Å². The lowest BCUT2D eigenvalue weighted by Crippen LogP contribution is -2.04. The summed E-state index contributed by atoms with van der Waals surface area (Å²) in [5.41, 5.74) is 7.77. The van der Waals surface area contributed by atoms with E-state index in [0.717, 1.165) is 22.0 Å². The van der Waals surface area contributed by atoms with Crippen LogP contribution >= 0.6 is 0 Å². The quantitative estimate of drug-likeness (QED) is 0.658. The van der Waals surface area contributed by atoms with Gasteiger partial charge in [-0.3, -0.25) is 4.79 Å². The molecule has 0 unspecified atom stereocenters. The van der Waals surface area contributed by atoms with Gasteiger partial charge in [-0.1, -0.05) is 12.1 Å². The molecule has 2 aromatic heterocycles. The van der Waals surface area contributed by atoms with E-state index in [1.54, 1.807) is 6.08 Å². The van der Waals surface area contributed by atoms with Gasteiger partial charge >= 0.3 is 0 Å². The largest absolute Gasteiger partial charge is 0.454 e. The molecule has 1 aromatic carbocycles. The number of hydrogen-bond donors (Lipinski definition) is 2. The number of para-hydroxylation sites is 1. The topological polar surface area (TPSA) is 72.0 Å². The Morgan fingerprint density at radius 1 is 1.29 bits per heavy atom. The summed E-state index contributed by atoms with van der Waals surface area (Å²) in [6.07, 6.45) is 2.84. The fourth-order valence-corrected chi connectivity index (χ4v) is 1.88. The third-order valence-corrected chi connectivity index (χ3v) is 2.60. The van der Waals surface area contributed by atoms with E-state index in [1.165, 1.54) is 6.08 Å². The Morgan fingerprint density at radius 2 is 2.12 bits per heavy atom. The van der Waals surface area contributed by atoms with Gasteiger partial charge in [0.2, 0.25) is 5.91 Å². The SMILES string of the molecule is NC(=O)/C=C/c1cc2[nH]c3ccccc3c2o1. The molecule has 0 atom stereocenters. The molecule has 0 fully saturated rings. The normalized spacial score (nSPS) is 11.8. The van der Waals surface area contributed by atoms with E-state index in [0.29, 0.717) is 5.76 Å². The van der Waals surface area contributed by atoms with Crippen molar-refractivity contribution in [1.82, 2.24) is 4.98 Å². The zero-order chi connectivity index (χ0) is 11.8. The molecule has 0 saturated carbocycles. The molecule has 2 heterocycles. The van der Waals surface area contributed by atoms with Gasteiger partial charge in [0.1, 0.15) is 5.76 Å². The molecule has 0 spiro atoms. The molecular formula is C13H10N2O2. The number of aromatic amines is 1. The van der Waals surface area contributed by atoms with Crippen LogP contribution in [0.25, 0.3) is 28.1 Å². The Morgan fingerprint density at radius 3 is 2.94 bits per heavy atom. The van der Waals surface area contributed by atoms with Gasteiger partial charge in [0, 0.05) is 23.0 Å². The van der Waals surface area contributed by atoms with Gasteiger partial charge in [0.25, 0.3) is 0 Å². The summed E-state index contributed by atoms with van der Waals surface area (Å²) in [7, 11) is 0. The van der Waals surface area contributed by atoms with Crippen LogP contribution in [-0.2, 0) is 4.79 Å². The number of primary amides is 1. The van der Waals surface area contributed by atoms with E-state index in [2.05, 4.69) is 4.98 Å². The predicted octanol–water partition coefficient (Wildman–Crippen LogP) is 2.41. The van der Waals surface area contributed by atoms with Crippen LogP contribution in [0.3, 0.4) is 0 Å². The number of hydrogen-bond acceptors (Lipinski definition) is 2. The number of furan rings is 1. The maximum atomic E-state index is 10.6. The molecular weight excluding hydrogens is 216 g/mol. The summed E-state index contributed by atoms with van der Waals surface area (Å²) in [5, 5.41) is 1.03. The summed E-state index contributed by atoms with van der Waals surface area (Å²) in [6.45, 7) is 0. The molecule has 0 aliphatic heterocycles. The number of nitrogens with one attached hydrogen (secondary N) is 1. The monoisotopic (exact) mass is 226 g/mol. The van der Waals surface area contributed by atoms with E-state index >= 15 is 0 Å². The fraction of sp³-hybridized carbons (Fsp3) is 0. The first-order chi connectivity index (χ1) is 8.24. The Hall–Kier alpha value is -2.49. The van der Waals surface area contributed by atoms with E-state index in [9.17, 15) is 4.79 Å². The molecule has 4 nitrogen and oxygen atoms in total. The number of aromatic nitrogens is 1. The van der Waals surface area contributed by atoms with Crippen molar-refractivity contribution in [2.45, 2.75) is 0 Å². The van der Waals surface area contributed by atoms with E-state index in [-0.39, 0.29) is 0 Å². The lowest BCUT2D eigenvalue weighted by atomic mass is 10.2. The third kappa shape index (κ3) is 1.59. The second kappa shape index (κ2) is 3.52. The smallest absolute Gasteiger partial charge is 0.241 e. The van der Waals surface area contributed by atoms with Gasteiger partial charge in [-0.2, -0.15) is 0 Å². The van der Waals surface area contributed by atoms with Crippen LogP contribution in [0.1, 0.15) is 5.76 Å². The van der Waals surface area contributed by atoms with Crippen molar-refractivity contribution in [2.24, 2.45) is 5.73 Å². The van der Waals surface area contributed by atoms with Gasteiger partial charge in [-0.05, 0) is 18.2 Å². The highest BCUT2D eigenvalue weighted by Crippen LogP contribution is 2.28. The van der Waals surface area contributed by atoms with Crippen molar-refractivity contribution in [3.63, 3.8) is 0 Å². The highest BCUT2D eigenvalue weighted by molar-refractivity contribution is 6.04. The summed E-state index contributed by atoms with van der Waals surface area (Å²) in [5.74, 6) is 0.116. The van der Waals surface area contributed by atoms with Crippen LogP contribution in [0.5, 0.6) is 0 Å². The number of H-pyrrole nitrogens is 1. The average Bonchev–Trinajstić information content (AvgIpc) is 2.83. The Balaban J connectivity index is 2.17. The van der Waals surface area contributed by atoms with Crippen molar-refractivity contribution in [1.29, 1.82) is 0 Å². The van der Waals surface area contributed by atoms with Crippen LogP contribution in [0, 0.1) is 0 Å². The number of fused-ring (bicyclic) bond motifs is 3. The summed E-state index contributed by atoms with van der Waals surface area (Å²) >= 11 is 0. The maximum Gasteiger partial charge on any atom is 0.241 e. The second-order valence-electron chi connectivity index (χ2n) is 3.80. The number of benzene rings is 1. The van der Waals surface area contributed by atoms with Gasteiger partial charge < -0.3 is 15.1 Å². The first-order valence-corrected chi connectivity index (χ1v) is 5.22. The summed E-state index contributed by atoms with van der Waals surface area (Å²) in [6, 6.07) is 9.74. The van der Waals surface area contributed by atoms with Gasteiger partial charge in [-0.25, -0.2) is 0 Å². The molecule has 4 heteroatoms. The Bertz CT molecular complexity index is 734. The van der Waals surface area contributed by atoms with E-state index < -0.39 is 5.91 Å². The van der Waals surface area contributed by atoms with Gasteiger partial charge in [-0.15, -0.1) is 0 Å². The Kier molecular flexibility index (Phi) is 2.01. The van der Waals surface area contributed by atoms with Crippen molar-refractivity contribution in [3.05, 3.63) is 42.2 Å². The average molecular weight is 226 g/mol. The molecule has 0 saturated heterocycles. The minimum atomic E-state index is -0.491. The molecule has 0 bridgehead atoms. The van der Waals surface area contributed by atoms with Crippen molar-refractivity contribution < 1.29 is 9.21 Å². The van der Waals surface area contributed by atoms with Crippen molar-refractivity contribution >= 4 is 34.0 Å². The number of rotatable bonds is 2. The molecule has 0 aliphatic carbocycles. The zero-order valence-electron chi connectivity index (χ0n) is 8.94. The second-order valence-corrected chi connectivity index (χ2v) is 3.80. The molecule has 84 valence electrons. The highest BCUT2D eigenvalue weighted by atomic mass is 16.3. The number of nitrogens with two attached hydrogens (primary N) is 1. The number of carbonyl (C=O) groups excluding carboxylic acids is 1. The maximum absolute atomic E-state index is 10.6. The van der Waals surface area contributed by atoms with Crippen LogP contribution < -0.4 is 5.73 Å². The minimum absolute atomic E-state index is 0.491. The lowest BCUT2D eigenvalue weighted by Gasteiger charge is -1.88. The molecule has 3 aromatic rings. The molecule has 1 amide bonds. The van der Waals surface area contributed by atoms with Crippen LogP contribution in [0.15, 0.2) is 40.8 Å². The molecule has 3 rings (SSSR count). The first kappa shape index (κ1) is 9.72. The minimum Gasteiger partial charge on any atom is -0.454 e.